The van der Waals surface area contributed by atoms with Gasteiger partial charge in [-0.1, -0.05) is 13.8 Å². The van der Waals surface area contributed by atoms with Crippen LogP contribution in [0.1, 0.15) is 33.6 Å². The van der Waals surface area contributed by atoms with Crippen LogP contribution in [0.25, 0.3) is 0 Å². The number of alkyl halides is 2. The van der Waals surface area contributed by atoms with Gasteiger partial charge in [-0.25, -0.2) is 0 Å². The molecule has 3 aliphatic carbocycles. The third-order valence-electron chi connectivity index (χ3n) is 5.30. The summed E-state index contributed by atoms with van der Waals surface area (Å²) < 4.78 is 56.0. The van der Waals surface area contributed by atoms with Gasteiger partial charge in [0.15, 0.2) is 0 Å². The van der Waals surface area contributed by atoms with Gasteiger partial charge < -0.3 is 10.4 Å². The molecule has 0 radical (unpaired) electrons. The molecule has 0 aromatic carbocycles. The molecular formula is C12H19F2NO5S. The molecule has 2 bridgehead atoms. The van der Waals surface area contributed by atoms with Gasteiger partial charge in [0.2, 0.25) is 0 Å². The van der Waals surface area contributed by atoms with Crippen LogP contribution in [0.4, 0.5) is 8.78 Å². The van der Waals surface area contributed by atoms with Crippen molar-refractivity contribution >= 4 is 16.0 Å². The second kappa shape index (κ2) is 4.36. The molecule has 3 aliphatic rings. The van der Waals surface area contributed by atoms with E-state index >= 15 is 0 Å². The van der Waals surface area contributed by atoms with E-state index in [1.807, 2.05) is 19.2 Å². The van der Waals surface area contributed by atoms with E-state index in [0.29, 0.717) is 0 Å². The van der Waals surface area contributed by atoms with Crippen LogP contribution in [0.15, 0.2) is 0 Å². The van der Waals surface area contributed by atoms with Crippen LogP contribution in [0.2, 0.25) is 0 Å². The van der Waals surface area contributed by atoms with Gasteiger partial charge in [-0.05, 0) is 37.0 Å². The minimum absolute atomic E-state index is 0.156. The molecule has 3 rings (SSSR count). The highest BCUT2D eigenvalue weighted by molar-refractivity contribution is 7.87. The van der Waals surface area contributed by atoms with Gasteiger partial charge in [0.25, 0.3) is 0 Å². The first kappa shape index (κ1) is 16.6. The van der Waals surface area contributed by atoms with E-state index in [4.69, 9.17) is 4.55 Å². The van der Waals surface area contributed by atoms with Crippen molar-refractivity contribution in [1.82, 2.24) is 5.32 Å². The van der Waals surface area contributed by atoms with Crippen LogP contribution >= 0.6 is 0 Å². The van der Waals surface area contributed by atoms with E-state index in [1.165, 1.54) is 6.92 Å². The highest BCUT2D eigenvalue weighted by atomic mass is 32.2. The van der Waals surface area contributed by atoms with Gasteiger partial charge >= 0.3 is 21.3 Å². The molecule has 6 nitrogen and oxygen atoms in total. The van der Waals surface area contributed by atoms with Gasteiger partial charge in [0.05, 0.1) is 11.6 Å². The van der Waals surface area contributed by atoms with Gasteiger partial charge in [0, 0.05) is 0 Å². The number of rotatable bonds is 3. The second-order valence-corrected chi connectivity index (χ2v) is 8.25. The molecule has 122 valence electrons. The summed E-state index contributed by atoms with van der Waals surface area (Å²) in [4.78, 5) is 11.4. The maximum Gasteiger partial charge on any atom is 0.446 e. The molecule has 9 heteroatoms. The molecule has 21 heavy (non-hydrogen) atoms. The van der Waals surface area contributed by atoms with Gasteiger partial charge in [0.1, 0.15) is 0 Å². The Morgan fingerprint density at radius 2 is 1.81 bits per heavy atom. The number of fused-ring (bicyclic) bond motifs is 2. The number of aliphatic hydroxyl groups is 1. The summed E-state index contributed by atoms with van der Waals surface area (Å²) in [5.74, 6) is -2.13. The fraction of sp³-hybridized carbons (Fsp3) is 0.917. The average Bonchev–Trinajstić information content (AvgIpc) is 2.28. The minimum Gasteiger partial charge on any atom is -0.388 e. The molecule has 1 amide bonds. The predicted octanol–water partition coefficient (Wildman–Crippen LogP) is 0.769. The zero-order valence-corrected chi connectivity index (χ0v) is 12.7. The molecule has 0 aromatic heterocycles. The smallest absolute Gasteiger partial charge is 0.388 e. The van der Waals surface area contributed by atoms with Gasteiger partial charge in [-0.15, -0.1) is 0 Å². The standard InChI is InChI=1S/C12H19F2NO5S/c1-10(2)6-4-7(10)11(3,17)8(5-6)15-9(16)12(13,14)21(18,19)20/h6-8,17H,4-5H2,1-3H3,(H,15,16)(H,18,19,20). The fourth-order valence-electron chi connectivity index (χ4n) is 3.74. The molecule has 0 spiro atoms. The fourth-order valence-corrected chi connectivity index (χ4v) is 4.03. The largest absolute Gasteiger partial charge is 0.446 e. The zero-order chi connectivity index (χ0) is 16.4. The molecular weight excluding hydrogens is 308 g/mol. The quantitative estimate of drug-likeness (QED) is 0.664. The van der Waals surface area contributed by atoms with E-state index in [1.54, 1.807) is 0 Å². The predicted molar refractivity (Wildman–Crippen MR) is 69.0 cm³/mol. The lowest BCUT2D eigenvalue weighted by molar-refractivity contribution is -0.210. The maximum absolute atomic E-state index is 13.3. The van der Waals surface area contributed by atoms with E-state index in [0.717, 1.165) is 6.42 Å². The van der Waals surface area contributed by atoms with Crippen LogP contribution in [0.5, 0.6) is 0 Å². The lowest BCUT2D eigenvalue weighted by Crippen LogP contribution is -2.71. The number of nitrogens with one attached hydrogen (secondary N) is 1. The van der Waals surface area contributed by atoms with Crippen LogP contribution in [-0.2, 0) is 14.9 Å². The van der Waals surface area contributed by atoms with Crippen molar-refractivity contribution in [2.24, 2.45) is 17.3 Å². The molecule has 3 N–H and O–H groups in total. The van der Waals surface area contributed by atoms with E-state index < -0.39 is 32.9 Å². The van der Waals surface area contributed by atoms with Crippen molar-refractivity contribution in [1.29, 1.82) is 0 Å². The molecule has 3 saturated carbocycles. The maximum atomic E-state index is 13.3. The van der Waals surface area contributed by atoms with E-state index in [9.17, 15) is 27.1 Å². The van der Waals surface area contributed by atoms with Crippen molar-refractivity contribution in [2.75, 3.05) is 0 Å². The summed E-state index contributed by atoms with van der Waals surface area (Å²) in [5.41, 5.74) is -1.57. The third-order valence-corrected chi connectivity index (χ3v) is 6.13. The Morgan fingerprint density at radius 1 is 1.29 bits per heavy atom. The monoisotopic (exact) mass is 327 g/mol. The molecule has 0 saturated heterocycles. The Balaban J connectivity index is 2.17. The zero-order valence-electron chi connectivity index (χ0n) is 11.9. The molecule has 4 atom stereocenters. The molecule has 4 unspecified atom stereocenters. The summed E-state index contributed by atoms with van der Waals surface area (Å²) in [5, 5.41) is 7.47. The van der Waals surface area contributed by atoms with Crippen LogP contribution < -0.4 is 5.32 Å². The Bertz CT molecular complexity index is 572. The minimum atomic E-state index is -5.84. The first-order chi connectivity index (χ1) is 9.22. The second-order valence-electron chi connectivity index (χ2n) is 6.79. The first-order valence-electron chi connectivity index (χ1n) is 6.60. The number of amides is 1. The number of carbonyl (C=O) groups is 1. The lowest BCUT2D eigenvalue weighted by Gasteiger charge is -2.65. The Kier molecular flexibility index (Phi) is 3.44. The number of hydrogen-bond acceptors (Lipinski definition) is 4. The lowest BCUT2D eigenvalue weighted by atomic mass is 9.43. The third kappa shape index (κ3) is 2.25. The highest BCUT2D eigenvalue weighted by Gasteiger charge is 2.64. The van der Waals surface area contributed by atoms with Crippen LogP contribution in [0, 0.1) is 17.3 Å². The summed E-state index contributed by atoms with van der Waals surface area (Å²) >= 11 is 0. The summed E-state index contributed by atoms with van der Waals surface area (Å²) in [6, 6.07) is -0.977. The van der Waals surface area contributed by atoms with Crippen molar-refractivity contribution in [3.63, 3.8) is 0 Å². The van der Waals surface area contributed by atoms with E-state index in [-0.39, 0.29) is 23.7 Å². The topological polar surface area (TPSA) is 104 Å². The molecule has 0 aliphatic heterocycles. The van der Waals surface area contributed by atoms with Crippen LogP contribution in [0.3, 0.4) is 0 Å². The van der Waals surface area contributed by atoms with Crippen molar-refractivity contribution < 1.29 is 31.7 Å². The van der Waals surface area contributed by atoms with Gasteiger partial charge in [-0.3, -0.25) is 9.35 Å². The summed E-state index contributed by atoms with van der Waals surface area (Å²) in [7, 11) is -5.84. The Hall–Kier alpha value is -0.800. The molecule has 0 aromatic rings. The van der Waals surface area contributed by atoms with Crippen molar-refractivity contribution in [3.8, 4) is 0 Å². The highest BCUT2D eigenvalue weighted by Crippen LogP contribution is 2.62. The van der Waals surface area contributed by atoms with Crippen molar-refractivity contribution in [3.05, 3.63) is 0 Å². The molecule has 3 fully saturated rings. The first-order valence-corrected chi connectivity index (χ1v) is 8.04. The Morgan fingerprint density at radius 3 is 2.19 bits per heavy atom. The van der Waals surface area contributed by atoms with E-state index in [2.05, 4.69) is 0 Å². The summed E-state index contributed by atoms with van der Waals surface area (Å²) in [6.07, 6.45) is 1.02. The van der Waals surface area contributed by atoms with Crippen molar-refractivity contribution in [2.45, 2.75) is 50.5 Å². The average molecular weight is 327 g/mol. The number of carbonyl (C=O) groups excluding carboxylic acids is 1. The normalized spacial score (nSPS) is 38.5. The SMILES string of the molecule is CC1(C)C2CC(NC(=O)C(F)(F)S(=O)(=O)O)C(C)(O)C1C2. The summed E-state index contributed by atoms with van der Waals surface area (Å²) in [6.45, 7) is 5.38. The molecule has 0 heterocycles. The number of hydrogen-bond donors (Lipinski definition) is 3. The number of halogens is 2. The Labute approximate surface area is 121 Å². The van der Waals surface area contributed by atoms with Crippen LogP contribution in [-0.4, -0.2) is 40.9 Å². The van der Waals surface area contributed by atoms with Gasteiger partial charge in [-0.2, -0.15) is 17.2 Å².